The zero-order chi connectivity index (χ0) is 14.0. The number of hydrogen-bond acceptors (Lipinski definition) is 4. The van der Waals surface area contributed by atoms with Crippen LogP contribution in [0.4, 0.5) is 11.4 Å². The molecule has 5 nitrogen and oxygen atoms in total. The molecule has 1 aliphatic rings. The molecule has 0 aromatic heterocycles. The second kappa shape index (κ2) is 4.90. The van der Waals surface area contributed by atoms with Gasteiger partial charge in [-0.1, -0.05) is 0 Å². The Morgan fingerprint density at radius 1 is 1.53 bits per heavy atom. The maximum atomic E-state index is 11.7. The number of anilines is 2. The minimum Gasteiger partial charge on any atom is -0.360 e. The largest absolute Gasteiger partial charge is 0.360 e. The zero-order valence-electron chi connectivity index (χ0n) is 11.2. The van der Waals surface area contributed by atoms with Crippen molar-refractivity contribution in [2.75, 3.05) is 23.3 Å². The predicted molar refractivity (Wildman–Crippen MR) is 74.9 cm³/mol. The first kappa shape index (κ1) is 13.4. The molecule has 1 aromatic carbocycles. The average molecular weight is 258 g/mol. The van der Waals surface area contributed by atoms with Crippen molar-refractivity contribution in [1.82, 2.24) is 0 Å². The van der Waals surface area contributed by atoms with Crippen molar-refractivity contribution < 1.29 is 4.79 Å². The number of nitrogens with zero attached hydrogens (tertiary/aromatic N) is 2. The van der Waals surface area contributed by atoms with Crippen LogP contribution in [0.2, 0.25) is 0 Å². The van der Waals surface area contributed by atoms with Crippen LogP contribution in [0, 0.1) is 11.3 Å². The molecule has 0 saturated heterocycles. The van der Waals surface area contributed by atoms with Gasteiger partial charge in [-0.05, 0) is 38.5 Å². The molecule has 0 fully saturated rings. The summed E-state index contributed by atoms with van der Waals surface area (Å²) >= 11 is 0. The molecule has 3 N–H and O–H groups in total. The van der Waals surface area contributed by atoms with Gasteiger partial charge in [0.15, 0.2) is 0 Å². The Balaban J connectivity index is 2.24. The van der Waals surface area contributed by atoms with Gasteiger partial charge in [-0.2, -0.15) is 5.26 Å². The van der Waals surface area contributed by atoms with Gasteiger partial charge < -0.3 is 16.0 Å². The molecule has 2 rings (SSSR count). The second-order valence-electron chi connectivity index (χ2n) is 5.55. The summed E-state index contributed by atoms with van der Waals surface area (Å²) in [4.78, 5) is 13.7. The molecule has 5 heteroatoms. The highest BCUT2D eigenvalue weighted by molar-refractivity contribution is 6.01. The van der Waals surface area contributed by atoms with Crippen LogP contribution in [0.15, 0.2) is 18.2 Å². The lowest BCUT2D eigenvalue weighted by atomic mass is 10.0. The number of amides is 1. The van der Waals surface area contributed by atoms with Crippen molar-refractivity contribution >= 4 is 17.3 Å². The van der Waals surface area contributed by atoms with Crippen LogP contribution in [0.25, 0.3) is 0 Å². The van der Waals surface area contributed by atoms with Crippen LogP contribution in [0.5, 0.6) is 0 Å². The van der Waals surface area contributed by atoms with Crippen molar-refractivity contribution in [2.24, 2.45) is 5.73 Å². The summed E-state index contributed by atoms with van der Waals surface area (Å²) in [5.74, 6) is -0.0579. The summed E-state index contributed by atoms with van der Waals surface area (Å²) in [6.45, 7) is 4.98. The fraction of sp³-hybridized carbons (Fsp3) is 0.429. The summed E-state index contributed by atoms with van der Waals surface area (Å²) in [5.41, 5.74) is 7.91. The molecule has 0 spiro atoms. The summed E-state index contributed by atoms with van der Waals surface area (Å²) in [6.07, 6.45) is 0.791. The van der Waals surface area contributed by atoms with Gasteiger partial charge in [-0.3, -0.25) is 4.79 Å². The number of carbonyl (C=O) groups excluding carboxylic acids is 1. The monoisotopic (exact) mass is 258 g/mol. The zero-order valence-corrected chi connectivity index (χ0v) is 11.2. The lowest BCUT2D eigenvalue weighted by Gasteiger charge is -2.33. The molecule has 1 aliphatic heterocycles. The average Bonchev–Trinajstić information content (AvgIpc) is 2.34. The van der Waals surface area contributed by atoms with E-state index in [9.17, 15) is 4.79 Å². The highest BCUT2D eigenvalue weighted by Gasteiger charge is 2.23. The standard InChI is InChI=1S/C14H18N4O/c1-14(2,16)5-6-18-9-13(19)17-11-7-10(8-15)3-4-12(11)18/h3-4,7H,5-6,9,16H2,1-2H3,(H,17,19). The predicted octanol–water partition coefficient (Wildman–Crippen LogP) is 1.44. The van der Waals surface area contributed by atoms with E-state index in [1.807, 2.05) is 24.8 Å². The van der Waals surface area contributed by atoms with E-state index in [-0.39, 0.29) is 11.4 Å². The molecule has 0 radical (unpaired) electrons. The number of nitriles is 1. The summed E-state index contributed by atoms with van der Waals surface area (Å²) in [7, 11) is 0. The second-order valence-corrected chi connectivity index (χ2v) is 5.55. The van der Waals surface area contributed by atoms with E-state index in [4.69, 9.17) is 11.0 Å². The third-order valence-corrected chi connectivity index (χ3v) is 3.10. The topological polar surface area (TPSA) is 82.2 Å². The highest BCUT2D eigenvalue weighted by atomic mass is 16.2. The smallest absolute Gasteiger partial charge is 0.243 e. The van der Waals surface area contributed by atoms with E-state index >= 15 is 0 Å². The normalized spacial score (nSPS) is 14.6. The van der Waals surface area contributed by atoms with Gasteiger partial charge in [0.2, 0.25) is 5.91 Å². The number of hydrogen-bond donors (Lipinski definition) is 2. The van der Waals surface area contributed by atoms with Crippen molar-refractivity contribution in [1.29, 1.82) is 5.26 Å². The minimum absolute atomic E-state index is 0.0579. The van der Waals surface area contributed by atoms with Crippen molar-refractivity contribution in [2.45, 2.75) is 25.8 Å². The van der Waals surface area contributed by atoms with Gasteiger partial charge in [0.25, 0.3) is 0 Å². The molecule has 1 aromatic rings. The fourth-order valence-electron chi connectivity index (χ4n) is 2.05. The summed E-state index contributed by atoms with van der Waals surface area (Å²) in [6, 6.07) is 7.41. The number of benzene rings is 1. The Bertz CT molecular complexity index is 539. The van der Waals surface area contributed by atoms with Crippen LogP contribution in [0.1, 0.15) is 25.8 Å². The summed E-state index contributed by atoms with van der Waals surface area (Å²) < 4.78 is 0. The Labute approximate surface area is 113 Å². The first-order valence-corrected chi connectivity index (χ1v) is 6.27. The van der Waals surface area contributed by atoms with Crippen molar-refractivity contribution in [3.05, 3.63) is 23.8 Å². The fourth-order valence-corrected chi connectivity index (χ4v) is 2.05. The van der Waals surface area contributed by atoms with E-state index in [0.717, 1.165) is 18.7 Å². The lowest BCUT2D eigenvalue weighted by Crippen LogP contribution is -2.42. The van der Waals surface area contributed by atoms with Crippen LogP contribution in [0.3, 0.4) is 0 Å². The molecule has 0 unspecified atom stereocenters. The number of nitrogens with two attached hydrogens (primary N) is 1. The highest BCUT2D eigenvalue weighted by Crippen LogP contribution is 2.30. The molecular formula is C14H18N4O. The number of fused-ring (bicyclic) bond motifs is 1. The molecule has 0 saturated carbocycles. The van der Waals surface area contributed by atoms with Crippen LogP contribution >= 0.6 is 0 Å². The number of nitrogens with one attached hydrogen (secondary N) is 1. The van der Waals surface area contributed by atoms with Crippen LogP contribution in [-0.4, -0.2) is 24.5 Å². The van der Waals surface area contributed by atoms with Gasteiger partial charge >= 0.3 is 0 Å². The van der Waals surface area contributed by atoms with Crippen molar-refractivity contribution in [3.8, 4) is 6.07 Å². The molecule has 0 aliphatic carbocycles. The maximum Gasteiger partial charge on any atom is 0.243 e. The lowest BCUT2D eigenvalue weighted by molar-refractivity contribution is -0.115. The minimum atomic E-state index is -0.263. The first-order chi connectivity index (χ1) is 8.89. The van der Waals surface area contributed by atoms with E-state index in [1.54, 1.807) is 12.1 Å². The van der Waals surface area contributed by atoms with E-state index < -0.39 is 0 Å². The molecule has 0 bridgehead atoms. The SMILES string of the molecule is CC(C)(N)CCN1CC(=O)Nc2cc(C#N)ccc21. The molecular weight excluding hydrogens is 240 g/mol. The third-order valence-electron chi connectivity index (χ3n) is 3.10. The van der Waals surface area contributed by atoms with Crippen LogP contribution in [-0.2, 0) is 4.79 Å². The molecule has 100 valence electrons. The van der Waals surface area contributed by atoms with E-state index in [2.05, 4.69) is 11.4 Å². The number of rotatable bonds is 3. The van der Waals surface area contributed by atoms with Gasteiger partial charge in [0.1, 0.15) is 0 Å². The van der Waals surface area contributed by atoms with E-state index in [0.29, 0.717) is 17.8 Å². The van der Waals surface area contributed by atoms with Gasteiger partial charge in [-0.15, -0.1) is 0 Å². The Morgan fingerprint density at radius 3 is 2.89 bits per heavy atom. The van der Waals surface area contributed by atoms with Crippen molar-refractivity contribution in [3.63, 3.8) is 0 Å². The van der Waals surface area contributed by atoms with Gasteiger partial charge in [0.05, 0.1) is 29.6 Å². The molecule has 1 heterocycles. The number of carbonyl (C=O) groups is 1. The molecule has 1 amide bonds. The first-order valence-electron chi connectivity index (χ1n) is 6.27. The maximum absolute atomic E-state index is 11.7. The molecule has 19 heavy (non-hydrogen) atoms. The molecule has 0 atom stereocenters. The Hall–Kier alpha value is -2.06. The Kier molecular flexibility index (Phi) is 3.45. The van der Waals surface area contributed by atoms with E-state index in [1.165, 1.54) is 0 Å². The Morgan fingerprint density at radius 2 is 2.26 bits per heavy atom. The van der Waals surface area contributed by atoms with Gasteiger partial charge in [0, 0.05) is 12.1 Å². The van der Waals surface area contributed by atoms with Gasteiger partial charge in [-0.25, -0.2) is 0 Å². The quantitative estimate of drug-likeness (QED) is 0.859. The summed E-state index contributed by atoms with van der Waals surface area (Å²) in [5, 5.41) is 11.7. The third kappa shape index (κ3) is 3.24. The van der Waals surface area contributed by atoms with Crippen LogP contribution < -0.4 is 16.0 Å².